The number of H-pyrrole nitrogens is 2. The van der Waals surface area contributed by atoms with Crippen molar-refractivity contribution in [1.29, 1.82) is 0 Å². The second kappa shape index (κ2) is 40.0. The summed E-state index contributed by atoms with van der Waals surface area (Å²) in [6.07, 6.45) is -6.58. The first-order valence-corrected chi connectivity index (χ1v) is 34.6. The molecule has 2 fully saturated rings. The van der Waals surface area contributed by atoms with Gasteiger partial charge < -0.3 is 119 Å². The van der Waals surface area contributed by atoms with Crippen molar-refractivity contribution >= 4 is 123 Å². The van der Waals surface area contributed by atoms with Crippen molar-refractivity contribution in [3.8, 4) is 5.75 Å². The Morgan fingerprint density at radius 3 is 1.84 bits per heavy atom. The van der Waals surface area contributed by atoms with Crippen LogP contribution >= 0.6 is 0 Å². The molecule has 7 rings (SSSR count). The van der Waals surface area contributed by atoms with E-state index in [0.29, 0.717) is 34.6 Å². The molecule has 5 aromatic rings. The second-order valence-electron chi connectivity index (χ2n) is 25.9. The Labute approximate surface area is 624 Å². The number of primary amides is 1. The van der Waals surface area contributed by atoms with Gasteiger partial charge in [-0.15, -0.1) is 0 Å². The Balaban J connectivity index is 1.36. The molecule has 11 amide bonds. The highest BCUT2D eigenvalue weighted by atomic mass is 16.6. The third-order valence-electron chi connectivity index (χ3n) is 17.6. The van der Waals surface area contributed by atoms with Gasteiger partial charge >= 0.3 is 29.8 Å². The van der Waals surface area contributed by atoms with E-state index in [2.05, 4.69) is 57.8 Å². The number of nitrogens with one attached hydrogen (secondary N) is 13. The number of esters is 1. The molecule has 40 nitrogen and oxygen atoms in total. The lowest BCUT2D eigenvalue weighted by Gasteiger charge is -2.29. The molecule has 2 aliphatic heterocycles. The van der Waals surface area contributed by atoms with E-state index in [1.807, 2.05) is 17.6 Å². The number of benzene rings is 3. The lowest BCUT2D eigenvalue weighted by Crippen LogP contribution is -2.62. The first kappa shape index (κ1) is 84.9. The normalized spacial score (nSPS) is 24.2. The number of para-hydroxylation sites is 2. The molecular weight excluding hydrogens is 1450 g/mol. The van der Waals surface area contributed by atoms with Crippen molar-refractivity contribution in [3.63, 3.8) is 0 Å². The zero-order chi connectivity index (χ0) is 80.6. The minimum Gasteiger partial charge on any atom is -0.508 e. The number of phenols is 1. The first-order chi connectivity index (χ1) is 52.2. The lowest BCUT2D eigenvalue weighted by molar-refractivity contribution is -0.150. The first-order valence-electron chi connectivity index (χ1n) is 34.6. The van der Waals surface area contributed by atoms with Crippen LogP contribution in [0.15, 0.2) is 90.9 Å². The quantitative estimate of drug-likeness (QED) is 0.0108. The maximum Gasteiger partial charge on any atom is 0.355 e. The molecule has 0 saturated carbocycles. The van der Waals surface area contributed by atoms with Gasteiger partial charge in [-0.05, 0) is 61.2 Å². The van der Waals surface area contributed by atoms with Crippen LogP contribution in [0.1, 0.15) is 107 Å². The molecule has 0 bridgehead atoms. The van der Waals surface area contributed by atoms with Gasteiger partial charge in [0.1, 0.15) is 72.1 Å². The summed E-state index contributed by atoms with van der Waals surface area (Å²) in [7, 11) is 0. The SMILES string of the molecule is CCCCCCC[C@H]1O[C@@H]1C(=O)N[C@@H](CO)C(=O)N[C@@H]1C(=O)N[C@H](Cc2c[nH]c3ccccc23)C(=O)N[C@@H](CC(=O)O)C(=O)N[C@@H](CC(=O)O)C(=O)N[C@H](c2ccc(O)cc2)C(=O)N[C@@H](CC(=O)O)C(O)NCC(=O)N[C@H]([C@H](O)C(N)=O)C(=O)N[C@H](CCC(=O)O)C(=O)N/C(=C\c2c[nH]c3ccccc23)C(=O)O[C@@H]1C. The van der Waals surface area contributed by atoms with Gasteiger partial charge in [0.2, 0.25) is 59.1 Å². The second-order valence-corrected chi connectivity index (χ2v) is 25.9. The molecule has 2 saturated heterocycles. The highest BCUT2D eigenvalue weighted by Crippen LogP contribution is 2.29. The largest absolute Gasteiger partial charge is 0.508 e. The van der Waals surface area contributed by atoms with Crippen LogP contribution in [0, 0.1) is 0 Å². The maximum absolute atomic E-state index is 15.4. The zero-order valence-corrected chi connectivity index (χ0v) is 59.1. The summed E-state index contributed by atoms with van der Waals surface area (Å²) < 4.78 is 11.4. The van der Waals surface area contributed by atoms with E-state index in [9.17, 15) is 103 Å². The smallest absolute Gasteiger partial charge is 0.355 e. The molecule has 110 heavy (non-hydrogen) atoms. The number of aromatic amines is 2. The van der Waals surface area contributed by atoms with Gasteiger partial charge in [0.25, 0.3) is 5.91 Å². The number of unbranched alkanes of at least 4 members (excludes halogenated alkanes) is 4. The highest BCUT2D eigenvalue weighted by Gasteiger charge is 2.46. The number of cyclic esters (lactones) is 1. The molecule has 23 N–H and O–H groups in total. The van der Waals surface area contributed by atoms with Gasteiger partial charge in [0.05, 0.1) is 44.6 Å². The average Bonchev–Trinajstić information content (AvgIpc) is 1.63. The van der Waals surface area contributed by atoms with Gasteiger partial charge in [0, 0.05) is 52.6 Å². The van der Waals surface area contributed by atoms with Crippen LogP contribution in [0.5, 0.6) is 5.75 Å². The van der Waals surface area contributed by atoms with Crippen LogP contribution in [0.25, 0.3) is 27.9 Å². The molecule has 0 aliphatic carbocycles. The number of aliphatic hydroxyl groups is 3. The minimum absolute atomic E-state index is 0.101. The van der Waals surface area contributed by atoms with E-state index in [4.69, 9.17) is 15.2 Å². The number of aromatic nitrogens is 2. The molecule has 4 heterocycles. The summed E-state index contributed by atoms with van der Waals surface area (Å²) in [4.78, 5) is 228. The number of aliphatic hydroxyl groups excluding tert-OH is 3. The number of carboxylic acid groups (broad SMARTS) is 4. The zero-order valence-electron chi connectivity index (χ0n) is 59.1. The monoisotopic (exact) mass is 1540 g/mol. The maximum atomic E-state index is 15.4. The molecule has 3 aromatic carbocycles. The van der Waals surface area contributed by atoms with Crippen molar-refractivity contribution < 1.29 is 127 Å². The Hall–Kier alpha value is -12.4. The number of hydrogen-bond acceptors (Lipinski definition) is 23. The van der Waals surface area contributed by atoms with E-state index in [1.165, 1.54) is 12.4 Å². The van der Waals surface area contributed by atoms with Crippen LogP contribution in [0.4, 0.5) is 0 Å². The molecule has 0 spiro atoms. The summed E-state index contributed by atoms with van der Waals surface area (Å²) in [5.74, 6) is -25.0. The summed E-state index contributed by atoms with van der Waals surface area (Å²) in [5, 5.41) is 108. The minimum atomic E-state index is -2.71. The Kier molecular flexibility index (Phi) is 30.8. The number of fused-ring (bicyclic) bond motifs is 2. The van der Waals surface area contributed by atoms with Crippen LogP contribution in [0.2, 0.25) is 0 Å². The fourth-order valence-corrected chi connectivity index (χ4v) is 11.7. The molecule has 1 unspecified atom stereocenters. The number of ether oxygens (including phenoxy) is 2. The van der Waals surface area contributed by atoms with E-state index < -0.39 is 243 Å². The topological polar surface area (TPSA) is 647 Å². The summed E-state index contributed by atoms with van der Waals surface area (Å²) >= 11 is 0. The number of epoxide rings is 1. The number of carbonyl (C=O) groups is 16. The fraction of sp³-hybridized carbons (Fsp3) is 0.429. The van der Waals surface area contributed by atoms with Gasteiger partial charge in [-0.3, -0.25) is 77.2 Å². The van der Waals surface area contributed by atoms with Crippen LogP contribution in [0.3, 0.4) is 0 Å². The van der Waals surface area contributed by atoms with E-state index in [-0.39, 0.29) is 16.7 Å². The van der Waals surface area contributed by atoms with Crippen molar-refractivity contribution in [2.75, 3.05) is 13.2 Å². The van der Waals surface area contributed by atoms with Crippen LogP contribution < -0.4 is 64.2 Å². The number of hydrogen-bond donors (Lipinski definition) is 22. The number of carbonyl (C=O) groups excluding carboxylic acids is 12. The number of phenolic OH excluding ortho intramolecular Hbond substituents is 1. The fourth-order valence-electron chi connectivity index (χ4n) is 11.7. The highest BCUT2D eigenvalue weighted by molar-refractivity contribution is 6.05. The van der Waals surface area contributed by atoms with Crippen LogP contribution in [-0.4, -0.2) is 238 Å². The predicted molar refractivity (Wildman–Crippen MR) is 378 cm³/mol. The molecule has 14 atom stereocenters. The van der Waals surface area contributed by atoms with Gasteiger partial charge in [-0.2, -0.15) is 0 Å². The molecule has 2 aromatic heterocycles. The van der Waals surface area contributed by atoms with E-state index in [0.717, 1.165) is 62.9 Å². The predicted octanol–water partition coefficient (Wildman–Crippen LogP) is -4.10. The third-order valence-corrected chi connectivity index (χ3v) is 17.6. The van der Waals surface area contributed by atoms with Crippen molar-refractivity contribution in [3.05, 3.63) is 108 Å². The number of nitrogens with two attached hydrogens (primary N) is 1. The summed E-state index contributed by atoms with van der Waals surface area (Å²) in [5.41, 5.74) is 5.41. The van der Waals surface area contributed by atoms with Crippen molar-refractivity contribution in [2.45, 2.75) is 176 Å². The molecule has 0 radical (unpaired) electrons. The molecule has 592 valence electrons. The third kappa shape index (κ3) is 24.6. The van der Waals surface area contributed by atoms with E-state index >= 15 is 14.4 Å². The molecular formula is C70H86N14O26. The summed E-state index contributed by atoms with van der Waals surface area (Å²) in [6.45, 7) is 0.644. The molecule has 40 heteroatoms. The van der Waals surface area contributed by atoms with Crippen molar-refractivity contribution in [1.82, 2.24) is 68.5 Å². The Morgan fingerprint density at radius 2 is 1.22 bits per heavy atom. The van der Waals surface area contributed by atoms with Crippen LogP contribution in [-0.2, 0) is 92.6 Å². The summed E-state index contributed by atoms with van der Waals surface area (Å²) in [6, 6.07) is -2.98. The average molecular weight is 1540 g/mol. The van der Waals surface area contributed by atoms with Crippen molar-refractivity contribution in [2.24, 2.45) is 5.73 Å². The van der Waals surface area contributed by atoms with Gasteiger partial charge in [0.15, 0.2) is 12.2 Å². The number of amides is 11. The standard InChI is InChI=1S/C70H86N14O26/c1-3-4-5-6-7-16-48-58(110-48)69(107)81-47(31-85)65(103)83-54-32(2)109-70(108)46(24-35-29-73-40-15-11-9-13-38(35)40)80-61(99)41(21-22-50(88)89)75-68(106)56(57(96)59(71)97)82-49(87)30-74-60(98)43(25-51(90)91)79-67(105)55(33-17-19-36(86)20-18-33)84-64(102)45(27-53(94)95)77-63(101)44(26-52(92)93)76-62(100)42(78-66(54)104)23-34-28-72-39-14-10-8-12-37(34)39/h8-15,17-20,24,28-29,32,41-45,47-48,54-58,60,72-74,85-86,96,98H,3-7,16,21-23,25-27,30-31H2,1-2H3,(H2,71,97)(H,75,106)(H,76,100)(H,77,101)(H,78,104)(H,79,105)(H,80,99)(H,81,107)(H,82,87)(H,83,103)(H,84,102)(H,88,89)(H,90,91)(H,92,93)(H,94,95)/b46-24-/t32-,41-,42-,43+,44+,45+,47+,48-,54+,55-,56-,57+,58+,60?/m1/s1. The number of carboxylic acids is 4. The van der Waals surface area contributed by atoms with E-state index in [1.54, 1.807) is 48.5 Å². The number of rotatable bonds is 26. The Bertz CT molecular complexity index is 4280. The number of aliphatic carboxylic acids is 4. The molecule has 2 aliphatic rings. The van der Waals surface area contributed by atoms with Gasteiger partial charge in [-0.1, -0.05) is 87.6 Å². The number of aromatic hydroxyl groups is 1. The van der Waals surface area contributed by atoms with Gasteiger partial charge in [-0.25, -0.2) is 4.79 Å². The lowest BCUT2D eigenvalue weighted by atomic mass is 10.0. The Morgan fingerprint density at radius 1 is 0.636 bits per heavy atom.